The Balaban J connectivity index is 1.60. The lowest BCUT2D eigenvalue weighted by atomic mass is 10.1. The van der Waals surface area contributed by atoms with E-state index < -0.39 is 0 Å². The van der Waals surface area contributed by atoms with E-state index in [1.165, 1.54) is 24.0 Å². The highest BCUT2D eigenvalue weighted by molar-refractivity contribution is 5.70. The monoisotopic (exact) mass is 481 g/mol. The quantitative estimate of drug-likeness (QED) is 0.234. The molecule has 4 aromatic rings. The van der Waals surface area contributed by atoms with Gasteiger partial charge in [0.1, 0.15) is 11.5 Å². The van der Waals surface area contributed by atoms with E-state index in [0.717, 1.165) is 29.9 Å². The maximum Gasteiger partial charge on any atom is 0.167 e. The van der Waals surface area contributed by atoms with Gasteiger partial charge in [-0.3, -0.25) is 0 Å². The summed E-state index contributed by atoms with van der Waals surface area (Å²) in [6, 6.07) is 21.5. The van der Waals surface area contributed by atoms with Crippen LogP contribution in [0, 0.1) is 19.8 Å². The van der Waals surface area contributed by atoms with Crippen molar-refractivity contribution in [2.45, 2.75) is 53.4 Å². The first-order chi connectivity index (χ1) is 17.4. The molecular formula is C31H35N3O2. The van der Waals surface area contributed by atoms with Crippen molar-refractivity contribution in [1.82, 2.24) is 15.0 Å². The number of aromatic nitrogens is 3. The van der Waals surface area contributed by atoms with E-state index in [1.54, 1.807) is 6.07 Å². The number of rotatable bonds is 10. The minimum absolute atomic E-state index is 0.0863. The Morgan fingerprint density at radius 2 is 1.25 bits per heavy atom. The Kier molecular flexibility index (Phi) is 8.32. The molecule has 1 heterocycles. The summed E-state index contributed by atoms with van der Waals surface area (Å²) in [4.78, 5) is 14.2. The summed E-state index contributed by atoms with van der Waals surface area (Å²) < 4.78 is 5.88. The molecule has 0 aliphatic rings. The molecule has 0 bridgehead atoms. The van der Waals surface area contributed by atoms with Gasteiger partial charge >= 0.3 is 0 Å². The molecule has 5 nitrogen and oxygen atoms in total. The smallest absolute Gasteiger partial charge is 0.167 e. The second-order valence-electron chi connectivity index (χ2n) is 9.81. The fourth-order valence-corrected chi connectivity index (χ4v) is 3.97. The molecular weight excluding hydrogens is 446 g/mol. The van der Waals surface area contributed by atoms with Crippen LogP contribution < -0.4 is 4.74 Å². The van der Waals surface area contributed by atoms with Gasteiger partial charge in [0, 0.05) is 17.2 Å². The summed E-state index contributed by atoms with van der Waals surface area (Å²) in [6.07, 6.45) is 4.62. The zero-order valence-electron chi connectivity index (χ0n) is 21.7. The number of unbranched alkanes of at least 4 members (excludes halogenated alkanes) is 2. The van der Waals surface area contributed by atoms with Gasteiger partial charge < -0.3 is 9.84 Å². The predicted octanol–water partition coefficient (Wildman–Crippen LogP) is 7.79. The molecule has 0 aliphatic heterocycles. The Morgan fingerprint density at radius 3 is 1.78 bits per heavy atom. The highest BCUT2D eigenvalue weighted by atomic mass is 16.5. The minimum Gasteiger partial charge on any atom is -0.507 e. The standard InChI is InChI=1S/C31H35N3O2/c1-21(2)8-6-5-7-19-36-26-17-18-27(28(35)20-26)31-33-29(24-13-9-22(3)10-14-24)32-30(34-31)25-15-11-23(4)12-16-25/h9-18,20-21,35H,5-8,19H2,1-4H3. The average molecular weight is 482 g/mol. The van der Waals surface area contributed by atoms with E-state index in [4.69, 9.17) is 19.7 Å². The molecule has 0 amide bonds. The van der Waals surface area contributed by atoms with E-state index in [1.807, 2.05) is 74.5 Å². The van der Waals surface area contributed by atoms with E-state index >= 15 is 0 Å². The van der Waals surface area contributed by atoms with Gasteiger partial charge in [-0.1, -0.05) is 92.8 Å². The van der Waals surface area contributed by atoms with Crippen LogP contribution in [0.25, 0.3) is 34.2 Å². The molecule has 186 valence electrons. The average Bonchev–Trinajstić information content (AvgIpc) is 2.86. The van der Waals surface area contributed by atoms with Gasteiger partial charge in [-0.2, -0.15) is 0 Å². The van der Waals surface area contributed by atoms with Crippen LogP contribution in [-0.2, 0) is 0 Å². The van der Waals surface area contributed by atoms with Crippen molar-refractivity contribution in [3.05, 3.63) is 77.9 Å². The minimum atomic E-state index is 0.0863. The van der Waals surface area contributed by atoms with Gasteiger partial charge in [0.05, 0.1) is 12.2 Å². The van der Waals surface area contributed by atoms with Crippen molar-refractivity contribution in [1.29, 1.82) is 0 Å². The molecule has 1 aromatic heterocycles. The summed E-state index contributed by atoms with van der Waals surface area (Å²) >= 11 is 0. The largest absolute Gasteiger partial charge is 0.507 e. The zero-order chi connectivity index (χ0) is 25.5. The lowest BCUT2D eigenvalue weighted by Gasteiger charge is -2.11. The molecule has 0 radical (unpaired) electrons. The van der Waals surface area contributed by atoms with Gasteiger partial charge in [-0.05, 0) is 38.3 Å². The SMILES string of the molecule is Cc1ccc(-c2nc(-c3ccc(C)cc3)nc(-c3ccc(OCCCCCC(C)C)cc3O)n2)cc1. The number of benzene rings is 3. The first-order valence-corrected chi connectivity index (χ1v) is 12.8. The highest BCUT2D eigenvalue weighted by Gasteiger charge is 2.15. The summed E-state index contributed by atoms with van der Waals surface area (Å²) in [6.45, 7) is 9.24. The molecule has 0 unspecified atom stereocenters. The van der Waals surface area contributed by atoms with Crippen LogP contribution >= 0.6 is 0 Å². The molecule has 0 fully saturated rings. The molecule has 5 heteroatoms. The molecule has 0 saturated carbocycles. The van der Waals surface area contributed by atoms with E-state index in [0.29, 0.717) is 35.4 Å². The number of phenols is 1. The van der Waals surface area contributed by atoms with Crippen LogP contribution in [0.4, 0.5) is 0 Å². The van der Waals surface area contributed by atoms with Gasteiger partial charge in [-0.25, -0.2) is 15.0 Å². The number of nitrogens with zero attached hydrogens (tertiary/aromatic N) is 3. The third kappa shape index (κ3) is 6.69. The van der Waals surface area contributed by atoms with Gasteiger partial charge in [-0.15, -0.1) is 0 Å². The lowest BCUT2D eigenvalue weighted by molar-refractivity contribution is 0.301. The lowest BCUT2D eigenvalue weighted by Crippen LogP contribution is -2.01. The Morgan fingerprint density at radius 1 is 0.694 bits per heavy atom. The molecule has 1 N–H and O–H groups in total. The van der Waals surface area contributed by atoms with Crippen LogP contribution in [-0.4, -0.2) is 26.7 Å². The van der Waals surface area contributed by atoms with E-state index in [2.05, 4.69) is 13.8 Å². The van der Waals surface area contributed by atoms with Crippen LogP contribution in [0.2, 0.25) is 0 Å². The van der Waals surface area contributed by atoms with E-state index in [-0.39, 0.29) is 5.75 Å². The van der Waals surface area contributed by atoms with Crippen molar-refractivity contribution in [3.63, 3.8) is 0 Å². The Bertz CT molecular complexity index is 1220. The van der Waals surface area contributed by atoms with E-state index in [9.17, 15) is 5.11 Å². The fourth-order valence-electron chi connectivity index (χ4n) is 3.97. The Hall–Kier alpha value is -3.73. The van der Waals surface area contributed by atoms with Crippen molar-refractivity contribution < 1.29 is 9.84 Å². The third-order valence-corrected chi connectivity index (χ3v) is 6.16. The topological polar surface area (TPSA) is 68.1 Å². The van der Waals surface area contributed by atoms with Gasteiger partial charge in [0.15, 0.2) is 17.5 Å². The summed E-state index contributed by atoms with van der Waals surface area (Å²) in [5.41, 5.74) is 4.67. The summed E-state index contributed by atoms with van der Waals surface area (Å²) in [5.74, 6) is 3.03. The number of aromatic hydroxyl groups is 1. The predicted molar refractivity (Wildman–Crippen MR) is 146 cm³/mol. The molecule has 0 spiro atoms. The molecule has 0 saturated heterocycles. The number of phenolic OH excluding ortho intramolecular Hbond substituents is 1. The van der Waals surface area contributed by atoms with Crippen LogP contribution in [0.15, 0.2) is 66.7 Å². The molecule has 4 rings (SSSR count). The molecule has 0 atom stereocenters. The van der Waals surface area contributed by atoms with Crippen molar-refractivity contribution in [2.24, 2.45) is 5.92 Å². The molecule has 0 aliphatic carbocycles. The second-order valence-corrected chi connectivity index (χ2v) is 9.81. The summed E-state index contributed by atoms with van der Waals surface area (Å²) in [7, 11) is 0. The number of ether oxygens (including phenoxy) is 1. The summed E-state index contributed by atoms with van der Waals surface area (Å²) in [5, 5.41) is 10.9. The maximum absolute atomic E-state index is 10.9. The van der Waals surface area contributed by atoms with Gasteiger partial charge in [0.25, 0.3) is 0 Å². The molecule has 3 aromatic carbocycles. The molecule has 36 heavy (non-hydrogen) atoms. The highest BCUT2D eigenvalue weighted by Crippen LogP contribution is 2.33. The normalized spacial score (nSPS) is 11.1. The van der Waals surface area contributed by atoms with Gasteiger partial charge in [0.2, 0.25) is 0 Å². The first-order valence-electron chi connectivity index (χ1n) is 12.8. The van der Waals surface area contributed by atoms with Crippen molar-refractivity contribution >= 4 is 0 Å². The number of hydrogen-bond acceptors (Lipinski definition) is 5. The zero-order valence-corrected chi connectivity index (χ0v) is 21.7. The van der Waals surface area contributed by atoms with Crippen molar-refractivity contribution in [2.75, 3.05) is 6.61 Å². The number of hydrogen-bond donors (Lipinski definition) is 1. The second kappa shape index (κ2) is 11.8. The Labute approximate surface area is 214 Å². The maximum atomic E-state index is 10.9. The van der Waals surface area contributed by atoms with Crippen molar-refractivity contribution in [3.8, 4) is 45.7 Å². The number of aryl methyl sites for hydroxylation is 2. The fraction of sp³-hybridized carbons (Fsp3) is 0.323. The van der Waals surface area contributed by atoms with Crippen LogP contribution in [0.5, 0.6) is 11.5 Å². The van der Waals surface area contributed by atoms with Crippen LogP contribution in [0.1, 0.15) is 50.7 Å². The third-order valence-electron chi connectivity index (χ3n) is 6.16. The first kappa shape index (κ1) is 25.4. The van der Waals surface area contributed by atoms with Crippen LogP contribution in [0.3, 0.4) is 0 Å².